The fraction of sp³-hybridized carbons (Fsp3) is 1.00. The average molecular weight is 225 g/mol. The Morgan fingerprint density at radius 3 is 2.50 bits per heavy atom. The van der Waals surface area contributed by atoms with Gasteiger partial charge in [-0.15, -0.1) is 0 Å². The van der Waals surface area contributed by atoms with E-state index >= 15 is 0 Å². The van der Waals surface area contributed by atoms with Gasteiger partial charge in [0.2, 0.25) is 0 Å². The van der Waals surface area contributed by atoms with Crippen molar-refractivity contribution in [3.05, 3.63) is 0 Å². The van der Waals surface area contributed by atoms with Gasteiger partial charge in [0.15, 0.2) is 0 Å². The summed E-state index contributed by atoms with van der Waals surface area (Å²) >= 11 is 0. The van der Waals surface area contributed by atoms with Crippen LogP contribution in [0.15, 0.2) is 0 Å². The van der Waals surface area contributed by atoms with E-state index in [2.05, 4.69) is 40.1 Å². The van der Waals surface area contributed by atoms with E-state index < -0.39 is 0 Å². The Kier molecular flexibility index (Phi) is 5.30. The van der Waals surface area contributed by atoms with Crippen LogP contribution in [0, 0.1) is 23.2 Å². The SMILES string of the molecule is CNCC1CCC(C)(C)CC1CCC(C)C. The molecule has 1 N–H and O–H groups in total. The molecule has 0 saturated heterocycles. The molecule has 96 valence electrons. The molecule has 0 radical (unpaired) electrons. The molecule has 1 rings (SSSR count). The number of rotatable bonds is 5. The Bertz CT molecular complexity index is 196. The number of hydrogen-bond acceptors (Lipinski definition) is 1. The van der Waals surface area contributed by atoms with E-state index in [0.29, 0.717) is 5.41 Å². The van der Waals surface area contributed by atoms with Crippen LogP contribution in [0.2, 0.25) is 0 Å². The van der Waals surface area contributed by atoms with Crippen LogP contribution in [0.25, 0.3) is 0 Å². The minimum Gasteiger partial charge on any atom is -0.319 e. The third-order valence-electron chi connectivity index (χ3n) is 4.25. The largest absolute Gasteiger partial charge is 0.319 e. The van der Waals surface area contributed by atoms with Crippen LogP contribution in [0.1, 0.15) is 59.8 Å². The van der Waals surface area contributed by atoms with Crippen LogP contribution in [0.3, 0.4) is 0 Å². The van der Waals surface area contributed by atoms with E-state index in [1.807, 2.05) is 0 Å². The Morgan fingerprint density at radius 1 is 1.25 bits per heavy atom. The van der Waals surface area contributed by atoms with Crippen LogP contribution in [0.5, 0.6) is 0 Å². The molecule has 0 aromatic rings. The van der Waals surface area contributed by atoms with Gasteiger partial charge in [-0.3, -0.25) is 0 Å². The highest BCUT2D eigenvalue weighted by Crippen LogP contribution is 2.43. The maximum absolute atomic E-state index is 3.38. The zero-order chi connectivity index (χ0) is 12.2. The second-order valence-corrected chi connectivity index (χ2v) is 6.96. The Balaban J connectivity index is 2.50. The summed E-state index contributed by atoms with van der Waals surface area (Å²) in [4.78, 5) is 0. The number of hydrogen-bond donors (Lipinski definition) is 1. The second kappa shape index (κ2) is 6.05. The first-order valence-electron chi connectivity index (χ1n) is 7.09. The van der Waals surface area contributed by atoms with E-state index in [1.54, 1.807) is 0 Å². The first-order valence-corrected chi connectivity index (χ1v) is 7.09. The van der Waals surface area contributed by atoms with Gasteiger partial charge in [-0.2, -0.15) is 0 Å². The Labute approximate surface area is 102 Å². The standard InChI is InChI=1S/C15H31N/c1-12(2)6-7-13-10-15(3,4)9-8-14(13)11-16-5/h12-14,16H,6-11H2,1-5H3. The van der Waals surface area contributed by atoms with Gasteiger partial charge in [0.1, 0.15) is 0 Å². The van der Waals surface area contributed by atoms with Gasteiger partial charge < -0.3 is 5.32 Å². The van der Waals surface area contributed by atoms with Crippen molar-refractivity contribution in [2.45, 2.75) is 59.8 Å². The van der Waals surface area contributed by atoms with Crippen molar-refractivity contribution in [2.24, 2.45) is 23.2 Å². The molecule has 1 nitrogen and oxygen atoms in total. The van der Waals surface area contributed by atoms with Crippen LogP contribution in [0.4, 0.5) is 0 Å². The van der Waals surface area contributed by atoms with Crippen molar-refractivity contribution < 1.29 is 0 Å². The summed E-state index contributed by atoms with van der Waals surface area (Å²) in [6, 6.07) is 0. The lowest BCUT2D eigenvalue weighted by atomic mass is 9.65. The smallest absolute Gasteiger partial charge is 0.00209 e. The molecule has 1 heteroatoms. The van der Waals surface area contributed by atoms with Crippen molar-refractivity contribution in [1.29, 1.82) is 0 Å². The molecule has 0 aromatic carbocycles. The molecule has 0 heterocycles. The molecule has 2 unspecified atom stereocenters. The van der Waals surface area contributed by atoms with E-state index in [-0.39, 0.29) is 0 Å². The van der Waals surface area contributed by atoms with E-state index in [4.69, 9.17) is 0 Å². The summed E-state index contributed by atoms with van der Waals surface area (Å²) < 4.78 is 0. The minimum absolute atomic E-state index is 0.589. The second-order valence-electron chi connectivity index (χ2n) is 6.96. The van der Waals surface area contributed by atoms with E-state index in [0.717, 1.165) is 17.8 Å². The minimum atomic E-state index is 0.589. The van der Waals surface area contributed by atoms with Crippen LogP contribution >= 0.6 is 0 Å². The summed E-state index contributed by atoms with van der Waals surface area (Å²) in [5.74, 6) is 2.75. The van der Waals surface area contributed by atoms with Crippen molar-refractivity contribution in [3.63, 3.8) is 0 Å². The fourth-order valence-electron chi connectivity index (χ4n) is 3.21. The first kappa shape index (κ1) is 14.0. The predicted molar refractivity (Wildman–Crippen MR) is 72.6 cm³/mol. The molecule has 0 aromatic heterocycles. The quantitative estimate of drug-likeness (QED) is 0.743. The normalized spacial score (nSPS) is 29.6. The maximum atomic E-state index is 3.38. The number of nitrogens with one attached hydrogen (secondary N) is 1. The predicted octanol–water partition coefficient (Wildman–Crippen LogP) is 4.08. The first-order chi connectivity index (χ1) is 7.44. The van der Waals surface area contributed by atoms with Crippen molar-refractivity contribution in [2.75, 3.05) is 13.6 Å². The van der Waals surface area contributed by atoms with Crippen molar-refractivity contribution in [1.82, 2.24) is 5.32 Å². The molecule has 1 aliphatic carbocycles. The summed E-state index contributed by atoms with van der Waals surface area (Å²) in [7, 11) is 2.10. The summed E-state index contributed by atoms with van der Waals surface area (Å²) in [5.41, 5.74) is 0.589. The van der Waals surface area contributed by atoms with Gasteiger partial charge in [-0.25, -0.2) is 0 Å². The molecule has 0 bridgehead atoms. The molecule has 16 heavy (non-hydrogen) atoms. The van der Waals surface area contributed by atoms with Crippen molar-refractivity contribution in [3.8, 4) is 0 Å². The van der Waals surface area contributed by atoms with Gasteiger partial charge in [0, 0.05) is 0 Å². The van der Waals surface area contributed by atoms with E-state index in [9.17, 15) is 0 Å². The van der Waals surface area contributed by atoms with Gasteiger partial charge >= 0.3 is 0 Å². The molecular weight excluding hydrogens is 194 g/mol. The molecule has 0 spiro atoms. The Morgan fingerprint density at radius 2 is 1.94 bits per heavy atom. The summed E-state index contributed by atoms with van der Waals surface area (Å²) in [5, 5.41) is 3.38. The topological polar surface area (TPSA) is 12.0 Å². The molecule has 1 fully saturated rings. The molecular formula is C15H31N. The lowest BCUT2D eigenvalue weighted by Crippen LogP contribution is -2.35. The molecule has 1 aliphatic rings. The zero-order valence-electron chi connectivity index (χ0n) is 12.0. The van der Waals surface area contributed by atoms with E-state index in [1.165, 1.54) is 38.6 Å². The van der Waals surface area contributed by atoms with Gasteiger partial charge in [-0.1, -0.05) is 34.1 Å². The molecule has 1 saturated carbocycles. The summed E-state index contributed by atoms with van der Waals surface area (Å²) in [6.07, 6.45) is 7.12. The Hall–Kier alpha value is -0.0400. The third kappa shape index (κ3) is 4.45. The lowest BCUT2D eigenvalue weighted by Gasteiger charge is -2.41. The zero-order valence-corrected chi connectivity index (χ0v) is 12.0. The maximum Gasteiger partial charge on any atom is -0.00209 e. The highest BCUT2D eigenvalue weighted by molar-refractivity contribution is 4.85. The van der Waals surface area contributed by atoms with Crippen LogP contribution < -0.4 is 5.32 Å². The fourth-order valence-corrected chi connectivity index (χ4v) is 3.21. The van der Waals surface area contributed by atoms with Crippen molar-refractivity contribution >= 4 is 0 Å². The van der Waals surface area contributed by atoms with Gasteiger partial charge in [0.05, 0.1) is 0 Å². The lowest BCUT2D eigenvalue weighted by molar-refractivity contribution is 0.107. The molecule has 0 amide bonds. The molecule has 2 atom stereocenters. The third-order valence-corrected chi connectivity index (χ3v) is 4.25. The van der Waals surface area contributed by atoms with Gasteiger partial charge in [-0.05, 0) is 62.4 Å². The highest BCUT2D eigenvalue weighted by atomic mass is 14.8. The molecule has 0 aliphatic heterocycles. The summed E-state index contributed by atoms with van der Waals surface area (Å²) in [6.45, 7) is 10.8. The van der Waals surface area contributed by atoms with Crippen LogP contribution in [-0.4, -0.2) is 13.6 Å². The van der Waals surface area contributed by atoms with Gasteiger partial charge in [0.25, 0.3) is 0 Å². The monoisotopic (exact) mass is 225 g/mol. The average Bonchev–Trinajstić information content (AvgIpc) is 2.18. The van der Waals surface area contributed by atoms with Crippen LogP contribution in [-0.2, 0) is 0 Å². The highest BCUT2D eigenvalue weighted by Gasteiger charge is 2.33.